The Morgan fingerprint density at radius 2 is 2.07 bits per heavy atom. The summed E-state index contributed by atoms with van der Waals surface area (Å²) in [7, 11) is 0.0763. The van der Waals surface area contributed by atoms with Crippen LogP contribution >= 0.6 is 0 Å². The van der Waals surface area contributed by atoms with Gasteiger partial charge in [-0.25, -0.2) is 4.98 Å². The molecule has 2 amide bonds. The molecule has 27 heavy (non-hydrogen) atoms. The van der Waals surface area contributed by atoms with Crippen molar-refractivity contribution in [3.63, 3.8) is 0 Å². The molecule has 1 aromatic heterocycles. The number of fused-ring (bicyclic) bond motifs is 1. The number of methoxy groups -OCH3 is 1. The summed E-state index contributed by atoms with van der Waals surface area (Å²) < 4.78 is 12.3. The van der Waals surface area contributed by atoms with E-state index in [2.05, 4.69) is 34.7 Å². The Hall–Kier alpha value is -2.20. The number of nitrogens with zero attached hydrogens (tertiary/aromatic N) is 3. The lowest BCUT2D eigenvalue weighted by molar-refractivity contribution is -0.140. The standard InChI is InChI=1S/C17H28N4O5Si/c1-12(22)19-13-8-14-16(21(17(13)24)9-15(23)25-2)18-10-20(14)11-26-6-7-27(3,4)5/h10,13H,6-9,11H2,1-5H3,(H,19,22)/t13-/m0/s1. The smallest absolute Gasteiger partial charge is 0.325 e. The fourth-order valence-corrected chi connectivity index (χ4v) is 3.52. The van der Waals surface area contributed by atoms with Gasteiger partial charge in [-0.3, -0.25) is 19.3 Å². The predicted octanol–water partition coefficient (Wildman–Crippen LogP) is 0.762. The maximum Gasteiger partial charge on any atom is 0.325 e. The van der Waals surface area contributed by atoms with Crippen LogP contribution in [0.5, 0.6) is 0 Å². The van der Waals surface area contributed by atoms with E-state index in [1.807, 2.05) is 4.57 Å². The first-order valence-electron chi connectivity index (χ1n) is 8.89. The van der Waals surface area contributed by atoms with Crippen molar-refractivity contribution >= 4 is 31.7 Å². The average Bonchev–Trinajstić information content (AvgIpc) is 2.96. The Morgan fingerprint density at radius 1 is 1.37 bits per heavy atom. The number of hydrogen-bond acceptors (Lipinski definition) is 6. The molecule has 1 atom stereocenters. The second kappa shape index (κ2) is 8.66. The zero-order chi connectivity index (χ0) is 20.2. The Labute approximate surface area is 160 Å². The number of nitrogens with one attached hydrogen (secondary N) is 1. The van der Waals surface area contributed by atoms with Crippen molar-refractivity contribution < 1.29 is 23.9 Å². The molecule has 0 saturated heterocycles. The van der Waals surface area contributed by atoms with Crippen molar-refractivity contribution in [2.75, 3.05) is 25.2 Å². The fourth-order valence-electron chi connectivity index (χ4n) is 2.76. The Bertz CT molecular complexity index is 713. The molecule has 0 fully saturated rings. The van der Waals surface area contributed by atoms with Gasteiger partial charge < -0.3 is 19.4 Å². The molecule has 1 N–H and O–H groups in total. The molecule has 150 valence electrons. The largest absolute Gasteiger partial charge is 0.468 e. The number of imidazole rings is 1. The lowest BCUT2D eigenvalue weighted by Gasteiger charge is -2.31. The Balaban J connectivity index is 2.18. The molecule has 0 spiro atoms. The lowest BCUT2D eigenvalue weighted by Crippen LogP contribution is -2.54. The molecule has 0 aromatic carbocycles. The first-order valence-corrected chi connectivity index (χ1v) is 12.6. The second-order valence-electron chi connectivity index (χ2n) is 7.79. The minimum Gasteiger partial charge on any atom is -0.468 e. The summed E-state index contributed by atoms with van der Waals surface area (Å²) in [5.41, 5.74) is 0.741. The highest BCUT2D eigenvalue weighted by molar-refractivity contribution is 6.76. The maximum atomic E-state index is 12.7. The number of anilines is 1. The number of rotatable bonds is 8. The van der Waals surface area contributed by atoms with Gasteiger partial charge >= 0.3 is 5.97 Å². The van der Waals surface area contributed by atoms with E-state index in [9.17, 15) is 14.4 Å². The van der Waals surface area contributed by atoms with Crippen molar-refractivity contribution in [1.82, 2.24) is 14.9 Å². The van der Waals surface area contributed by atoms with E-state index in [1.165, 1.54) is 18.9 Å². The SMILES string of the molecule is COC(=O)CN1C(=O)[C@@H](NC(C)=O)Cc2c1ncn2COCC[Si](C)(C)C. The molecule has 2 rings (SSSR count). The highest BCUT2D eigenvalue weighted by Crippen LogP contribution is 2.27. The highest BCUT2D eigenvalue weighted by atomic mass is 28.3. The van der Waals surface area contributed by atoms with Crippen LogP contribution < -0.4 is 10.2 Å². The Morgan fingerprint density at radius 3 is 2.67 bits per heavy atom. The van der Waals surface area contributed by atoms with Crippen molar-refractivity contribution in [3.8, 4) is 0 Å². The van der Waals surface area contributed by atoms with Crippen LogP contribution in [-0.4, -0.2) is 61.7 Å². The van der Waals surface area contributed by atoms with Crippen LogP contribution in [0.15, 0.2) is 6.33 Å². The first-order chi connectivity index (χ1) is 12.6. The van der Waals surface area contributed by atoms with Crippen LogP contribution in [0.4, 0.5) is 5.82 Å². The molecule has 0 unspecified atom stereocenters. The molecule has 2 heterocycles. The van der Waals surface area contributed by atoms with E-state index in [4.69, 9.17) is 4.74 Å². The summed E-state index contributed by atoms with van der Waals surface area (Å²) in [4.78, 5) is 41.4. The first kappa shape index (κ1) is 21.1. The zero-order valence-electron chi connectivity index (χ0n) is 16.6. The number of amides is 2. The zero-order valence-corrected chi connectivity index (χ0v) is 17.6. The van der Waals surface area contributed by atoms with Gasteiger partial charge in [0.05, 0.1) is 19.1 Å². The third-order valence-electron chi connectivity index (χ3n) is 4.26. The van der Waals surface area contributed by atoms with E-state index < -0.39 is 20.1 Å². The van der Waals surface area contributed by atoms with E-state index >= 15 is 0 Å². The van der Waals surface area contributed by atoms with Crippen LogP contribution in [0.3, 0.4) is 0 Å². The van der Waals surface area contributed by atoms with E-state index in [0.717, 1.165) is 11.7 Å². The monoisotopic (exact) mass is 396 g/mol. The van der Waals surface area contributed by atoms with Gasteiger partial charge in [-0.2, -0.15) is 0 Å². The van der Waals surface area contributed by atoms with E-state index in [-0.39, 0.29) is 18.4 Å². The molecule has 0 bridgehead atoms. The molecule has 1 aliphatic rings. The van der Waals surface area contributed by atoms with Gasteiger partial charge in [-0.1, -0.05) is 19.6 Å². The van der Waals surface area contributed by atoms with Crippen LogP contribution in [-0.2, 0) is 37.0 Å². The number of aromatic nitrogens is 2. The van der Waals surface area contributed by atoms with Crippen LogP contribution in [0.25, 0.3) is 0 Å². The topological polar surface area (TPSA) is 103 Å². The average molecular weight is 397 g/mol. The molecule has 1 aromatic rings. The highest BCUT2D eigenvalue weighted by Gasteiger charge is 2.37. The molecular weight excluding hydrogens is 368 g/mol. The minimum absolute atomic E-state index is 0.258. The molecule has 1 aliphatic heterocycles. The number of carbonyl (C=O) groups excluding carboxylic acids is 3. The van der Waals surface area contributed by atoms with Gasteiger partial charge in [0.15, 0.2) is 5.82 Å². The van der Waals surface area contributed by atoms with Crippen LogP contribution in [0.1, 0.15) is 12.6 Å². The van der Waals surface area contributed by atoms with Crippen molar-refractivity contribution in [2.24, 2.45) is 0 Å². The maximum absolute atomic E-state index is 12.7. The molecule has 0 radical (unpaired) electrons. The van der Waals surface area contributed by atoms with Gasteiger partial charge in [0.25, 0.3) is 5.91 Å². The van der Waals surface area contributed by atoms with E-state index in [0.29, 0.717) is 25.6 Å². The number of esters is 1. The lowest BCUT2D eigenvalue weighted by atomic mass is 10.0. The normalized spacial score (nSPS) is 16.9. The van der Waals surface area contributed by atoms with Gasteiger partial charge in [0.2, 0.25) is 5.91 Å². The van der Waals surface area contributed by atoms with Crippen LogP contribution in [0.2, 0.25) is 25.7 Å². The molecule has 0 saturated carbocycles. The summed E-state index contributed by atoms with van der Waals surface area (Å²) in [6, 6.07) is 0.294. The summed E-state index contributed by atoms with van der Waals surface area (Å²) in [5.74, 6) is -0.847. The van der Waals surface area contributed by atoms with E-state index in [1.54, 1.807) is 6.33 Å². The molecule has 9 nitrogen and oxygen atoms in total. The minimum atomic E-state index is -1.18. The van der Waals surface area contributed by atoms with Crippen LogP contribution in [0, 0.1) is 0 Å². The predicted molar refractivity (Wildman–Crippen MR) is 102 cm³/mol. The van der Waals surface area contributed by atoms with Gasteiger partial charge in [-0.15, -0.1) is 0 Å². The second-order valence-corrected chi connectivity index (χ2v) is 13.4. The number of ether oxygens (including phenoxy) is 2. The van der Waals surface area contributed by atoms with Gasteiger partial charge in [-0.05, 0) is 6.04 Å². The molecule has 10 heteroatoms. The molecular formula is C17H28N4O5Si. The fraction of sp³-hybridized carbons (Fsp3) is 0.647. The summed E-state index contributed by atoms with van der Waals surface area (Å²) in [6.45, 7) is 8.90. The van der Waals surface area contributed by atoms with Crippen molar-refractivity contribution in [3.05, 3.63) is 12.0 Å². The van der Waals surface area contributed by atoms with Gasteiger partial charge in [0, 0.05) is 28.0 Å². The molecule has 0 aliphatic carbocycles. The number of carbonyl (C=O) groups is 3. The third kappa shape index (κ3) is 5.63. The summed E-state index contributed by atoms with van der Waals surface area (Å²) in [6.07, 6.45) is 1.88. The van der Waals surface area contributed by atoms with Crippen molar-refractivity contribution in [2.45, 2.75) is 51.8 Å². The number of hydrogen-bond donors (Lipinski definition) is 1. The van der Waals surface area contributed by atoms with Gasteiger partial charge in [0.1, 0.15) is 19.3 Å². The van der Waals surface area contributed by atoms with Crippen molar-refractivity contribution in [1.29, 1.82) is 0 Å². The summed E-state index contributed by atoms with van der Waals surface area (Å²) >= 11 is 0. The third-order valence-corrected chi connectivity index (χ3v) is 5.96. The summed E-state index contributed by atoms with van der Waals surface area (Å²) in [5, 5.41) is 2.64. The quantitative estimate of drug-likeness (QED) is 0.395. The Kier molecular flexibility index (Phi) is 6.77.